The molecule has 0 saturated heterocycles. The molecule has 0 spiro atoms. The zero-order valence-electron chi connectivity index (χ0n) is 12.5. The van der Waals surface area contributed by atoms with Gasteiger partial charge in [-0.1, -0.05) is 6.07 Å². The Kier molecular flexibility index (Phi) is 4.81. The molecular weight excluding hydrogens is 266 g/mol. The lowest BCUT2D eigenvalue weighted by atomic mass is 10.3. The number of amides is 1. The van der Waals surface area contributed by atoms with Crippen LogP contribution in [0.2, 0.25) is 0 Å². The van der Waals surface area contributed by atoms with E-state index >= 15 is 0 Å². The number of pyridine rings is 1. The van der Waals surface area contributed by atoms with Crippen LogP contribution < -0.4 is 10.6 Å². The molecule has 2 aromatic rings. The van der Waals surface area contributed by atoms with Crippen molar-refractivity contribution in [2.45, 2.75) is 27.2 Å². The van der Waals surface area contributed by atoms with Crippen LogP contribution in [0.1, 0.15) is 23.4 Å². The molecule has 2 N–H and O–H groups in total. The van der Waals surface area contributed by atoms with Gasteiger partial charge in [0.2, 0.25) is 11.9 Å². The van der Waals surface area contributed by atoms with E-state index in [-0.39, 0.29) is 5.91 Å². The molecule has 0 fully saturated rings. The van der Waals surface area contributed by atoms with Gasteiger partial charge in [0.15, 0.2) is 0 Å². The number of nitrogens with one attached hydrogen (secondary N) is 2. The smallest absolute Gasteiger partial charge is 0.227 e. The number of hydrogen-bond donors (Lipinski definition) is 2. The maximum absolute atomic E-state index is 11.8. The largest absolute Gasteiger partial charge is 0.354 e. The van der Waals surface area contributed by atoms with Crippen LogP contribution in [0.5, 0.6) is 0 Å². The van der Waals surface area contributed by atoms with Gasteiger partial charge in [-0.05, 0) is 38.5 Å². The minimum absolute atomic E-state index is 0.0942. The molecule has 21 heavy (non-hydrogen) atoms. The molecule has 6 heteroatoms. The van der Waals surface area contributed by atoms with Crippen molar-refractivity contribution in [3.8, 4) is 0 Å². The molecule has 110 valence electrons. The molecule has 0 aromatic carbocycles. The first-order chi connectivity index (χ1) is 10.0. The van der Waals surface area contributed by atoms with E-state index in [1.807, 2.05) is 32.9 Å². The van der Waals surface area contributed by atoms with E-state index in [2.05, 4.69) is 25.6 Å². The summed E-state index contributed by atoms with van der Waals surface area (Å²) in [5.41, 5.74) is 2.86. The topological polar surface area (TPSA) is 79.8 Å². The van der Waals surface area contributed by atoms with Crippen LogP contribution in [-0.4, -0.2) is 27.4 Å². The van der Waals surface area contributed by atoms with Gasteiger partial charge in [0.25, 0.3) is 0 Å². The molecule has 0 aliphatic heterocycles. The molecule has 2 aromatic heterocycles. The van der Waals surface area contributed by atoms with Crippen molar-refractivity contribution in [1.82, 2.24) is 15.0 Å². The SMILES string of the molecule is Cc1ccc(NC(=O)CCNc2nc(C)cc(C)n2)nc1. The van der Waals surface area contributed by atoms with Gasteiger partial charge in [0.05, 0.1) is 0 Å². The predicted octanol–water partition coefficient (Wildman–Crippen LogP) is 2.24. The minimum Gasteiger partial charge on any atom is -0.354 e. The molecule has 0 aliphatic carbocycles. The van der Waals surface area contributed by atoms with Crippen LogP contribution in [-0.2, 0) is 4.79 Å². The first-order valence-electron chi connectivity index (χ1n) is 6.81. The Labute approximate surface area is 124 Å². The maximum atomic E-state index is 11.8. The normalized spacial score (nSPS) is 10.2. The number of anilines is 2. The Bertz CT molecular complexity index is 604. The predicted molar refractivity (Wildman–Crippen MR) is 82.2 cm³/mol. The molecule has 0 bridgehead atoms. The molecule has 1 amide bonds. The van der Waals surface area contributed by atoms with E-state index in [4.69, 9.17) is 0 Å². The number of nitrogens with zero attached hydrogens (tertiary/aromatic N) is 3. The fourth-order valence-corrected chi connectivity index (χ4v) is 1.84. The van der Waals surface area contributed by atoms with E-state index in [9.17, 15) is 4.79 Å². The lowest BCUT2D eigenvalue weighted by molar-refractivity contribution is -0.116. The first-order valence-corrected chi connectivity index (χ1v) is 6.81. The van der Waals surface area contributed by atoms with Crippen LogP contribution in [0.25, 0.3) is 0 Å². The minimum atomic E-state index is -0.0942. The number of rotatable bonds is 5. The highest BCUT2D eigenvalue weighted by molar-refractivity contribution is 5.89. The summed E-state index contributed by atoms with van der Waals surface area (Å²) >= 11 is 0. The molecule has 0 aliphatic rings. The third kappa shape index (κ3) is 4.83. The van der Waals surface area contributed by atoms with Crippen LogP contribution in [0.3, 0.4) is 0 Å². The molecule has 0 saturated carbocycles. The van der Waals surface area contributed by atoms with Crippen molar-refractivity contribution < 1.29 is 4.79 Å². The van der Waals surface area contributed by atoms with Crippen molar-refractivity contribution in [2.24, 2.45) is 0 Å². The van der Waals surface area contributed by atoms with Crippen molar-refractivity contribution in [2.75, 3.05) is 17.2 Å². The zero-order chi connectivity index (χ0) is 15.2. The van der Waals surface area contributed by atoms with E-state index in [0.29, 0.717) is 24.7 Å². The summed E-state index contributed by atoms with van der Waals surface area (Å²) in [6, 6.07) is 5.60. The summed E-state index contributed by atoms with van der Waals surface area (Å²) in [5, 5.41) is 5.80. The Morgan fingerprint density at radius 3 is 2.48 bits per heavy atom. The van der Waals surface area contributed by atoms with Gasteiger partial charge >= 0.3 is 0 Å². The lowest BCUT2D eigenvalue weighted by Gasteiger charge is -2.07. The molecule has 2 heterocycles. The Hall–Kier alpha value is -2.50. The zero-order valence-corrected chi connectivity index (χ0v) is 12.5. The van der Waals surface area contributed by atoms with E-state index in [1.165, 1.54) is 0 Å². The fraction of sp³-hybridized carbons (Fsp3) is 0.333. The van der Waals surface area contributed by atoms with Crippen LogP contribution in [0.15, 0.2) is 24.4 Å². The highest BCUT2D eigenvalue weighted by Crippen LogP contribution is 2.05. The van der Waals surface area contributed by atoms with Crippen molar-refractivity contribution in [3.05, 3.63) is 41.3 Å². The average Bonchev–Trinajstić information content (AvgIpc) is 2.40. The second-order valence-electron chi connectivity index (χ2n) is 4.92. The molecule has 0 atom stereocenters. The third-order valence-corrected chi connectivity index (χ3v) is 2.80. The second kappa shape index (κ2) is 6.78. The summed E-state index contributed by atoms with van der Waals surface area (Å²) in [6.07, 6.45) is 2.04. The van der Waals surface area contributed by atoms with Crippen molar-refractivity contribution in [3.63, 3.8) is 0 Å². The number of hydrogen-bond acceptors (Lipinski definition) is 5. The Morgan fingerprint density at radius 2 is 1.86 bits per heavy atom. The molecule has 0 radical (unpaired) electrons. The molecular formula is C15H19N5O. The van der Waals surface area contributed by atoms with E-state index < -0.39 is 0 Å². The highest BCUT2D eigenvalue weighted by atomic mass is 16.1. The summed E-state index contributed by atoms with van der Waals surface area (Å²) in [6.45, 7) is 6.25. The number of carbonyl (C=O) groups excluding carboxylic acids is 1. The fourth-order valence-electron chi connectivity index (χ4n) is 1.84. The summed E-state index contributed by atoms with van der Waals surface area (Å²) in [5.74, 6) is 1.02. The summed E-state index contributed by atoms with van der Waals surface area (Å²) in [4.78, 5) is 24.4. The monoisotopic (exact) mass is 285 g/mol. The third-order valence-electron chi connectivity index (χ3n) is 2.80. The van der Waals surface area contributed by atoms with Crippen molar-refractivity contribution in [1.29, 1.82) is 0 Å². The average molecular weight is 285 g/mol. The lowest BCUT2D eigenvalue weighted by Crippen LogP contribution is -2.17. The number of carbonyl (C=O) groups is 1. The number of aromatic nitrogens is 3. The van der Waals surface area contributed by atoms with Gasteiger partial charge in [-0.2, -0.15) is 0 Å². The Balaban J connectivity index is 1.80. The second-order valence-corrected chi connectivity index (χ2v) is 4.92. The van der Waals surface area contributed by atoms with Crippen LogP contribution in [0.4, 0.5) is 11.8 Å². The van der Waals surface area contributed by atoms with Gasteiger partial charge in [-0.15, -0.1) is 0 Å². The molecule has 0 unspecified atom stereocenters. The highest BCUT2D eigenvalue weighted by Gasteiger charge is 2.04. The Morgan fingerprint density at radius 1 is 1.14 bits per heavy atom. The standard InChI is InChI=1S/C15H19N5O/c1-10-4-5-13(17-9-10)20-14(21)6-7-16-15-18-11(2)8-12(3)19-15/h4-5,8-9H,6-7H2,1-3H3,(H,16,18,19)(H,17,20,21). The van der Waals surface area contributed by atoms with Gasteiger partial charge in [0, 0.05) is 30.6 Å². The quantitative estimate of drug-likeness (QED) is 0.880. The van der Waals surface area contributed by atoms with Gasteiger partial charge in [-0.25, -0.2) is 15.0 Å². The maximum Gasteiger partial charge on any atom is 0.227 e. The van der Waals surface area contributed by atoms with Gasteiger partial charge in [-0.3, -0.25) is 4.79 Å². The van der Waals surface area contributed by atoms with E-state index in [0.717, 1.165) is 17.0 Å². The van der Waals surface area contributed by atoms with Crippen LogP contribution >= 0.6 is 0 Å². The van der Waals surface area contributed by atoms with Gasteiger partial charge < -0.3 is 10.6 Å². The van der Waals surface area contributed by atoms with Crippen molar-refractivity contribution >= 4 is 17.7 Å². The first kappa shape index (κ1) is 14.9. The molecule has 6 nitrogen and oxygen atoms in total. The van der Waals surface area contributed by atoms with E-state index in [1.54, 1.807) is 12.3 Å². The van der Waals surface area contributed by atoms with Crippen LogP contribution in [0, 0.1) is 20.8 Å². The molecule has 2 rings (SSSR count). The summed E-state index contributed by atoms with van der Waals surface area (Å²) in [7, 11) is 0. The van der Waals surface area contributed by atoms with Gasteiger partial charge in [0.1, 0.15) is 5.82 Å². The number of aryl methyl sites for hydroxylation is 3. The summed E-state index contributed by atoms with van der Waals surface area (Å²) < 4.78 is 0.